The molecule has 0 amide bonds. The number of rotatable bonds is 2. The molecule has 0 aliphatic carbocycles. The van der Waals surface area contributed by atoms with E-state index >= 15 is 0 Å². The minimum absolute atomic E-state index is 0.179. The van der Waals surface area contributed by atoms with Crippen molar-refractivity contribution in [2.45, 2.75) is 20.3 Å². The summed E-state index contributed by atoms with van der Waals surface area (Å²) in [6.45, 7) is 3.45. The van der Waals surface area contributed by atoms with Gasteiger partial charge in [0.25, 0.3) is 0 Å². The van der Waals surface area contributed by atoms with E-state index in [0.29, 0.717) is 0 Å². The molecule has 0 spiro atoms. The maximum atomic E-state index is 10.4. The molecule has 4 heteroatoms. The SMILES string of the molecule is CCOC(=O)OC(=O)CC. The molecule has 0 rings (SSSR count). The number of hydrogen-bond donors (Lipinski definition) is 0. The van der Waals surface area contributed by atoms with E-state index in [1.165, 1.54) is 0 Å². The largest absolute Gasteiger partial charge is 0.516 e. The smallest absolute Gasteiger partial charge is 0.434 e. The Morgan fingerprint density at radius 2 is 1.90 bits per heavy atom. The van der Waals surface area contributed by atoms with Crippen molar-refractivity contribution < 1.29 is 19.1 Å². The normalized spacial score (nSPS) is 8.60. The van der Waals surface area contributed by atoms with Gasteiger partial charge >= 0.3 is 12.1 Å². The molecular formula is C6H10O4. The molecular weight excluding hydrogens is 136 g/mol. The molecule has 0 fully saturated rings. The van der Waals surface area contributed by atoms with Crippen LogP contribution in [0.5, 0.6) is 0 Å². The summed E-state index contributed by atoms with van der Waals surface area (Å²) in [5.74, 6) is -0.571. The molecule has 0 bridgehead atoms. The second-order valence-corrected chi connectivity index (χ2v) is 1.51. The minimum Gasteiger partial charge on any atom is -0.434 e. The molecule has 0 N–H and O–H groups in total. The molecule has 4 nitrogen and oxygen atoms in total. The Kier molecular flexibility index (Phi) is 4.28. The summed E-state index contributed by atoms with van der Waals surface area (Å²) >= 11 is 0. The fraction of sp³-hybridized carbons (Fsp3) is 0.667. The molecule has 0 aromatic carbocycles. The van der Waals surface area contributed by atoms with E-state index in [1.54, 1.807) is 13.8 Å². The first-order valence-electron chi connectivity index (χ1n) is 3.08. The Balaban J connectivity index is 3.47. The van der Waals surface area contributed by atoms with Gasteiger partial charge in [0.1, 0.15) is 0 Å². The van der Waals surface area contributed by atoms with E-state index in [0.717, 1.165) is 0 Å². The highest BCUT2D eigenvalue weighted by Crippen LogP contribution is 1.88. The minimum atomic E-state index is -0.922. The predicted molar refractivity (Wildman–Crippen MR) is 33.4 cm³/mol. The number of carbonyl (C=O) groups excluding carboxylic acids is 2. The number of esters is 1. The molecule has 0 heterocycles. The summed E-state index contributed by atoms with van der Waals surface area (Å²) < 4.78 is 8.47. The molecule has 58 valence electrons. The molecule has 0 aromatic heterocycles. The van der Waals surface area contributed by atoms with Gasteiger partial charge in [0, 0.05) is 6.42 Å². The van der Waals surface area contributed by atoms with Crippen molar-refractivity contribution in [3.05, 3.63) is 0 Å². The van der Waals surface area contributed by atoms with Crippen LogP contribution in [0.15, 0.2) is 0 Å². The van der Waals surface area contributed by atoms with Crippen LogP contribution in [0.25, 0.3) is 0 Å². The van der Waals surface area contributed by atoms with Crippen LogP contribution in [0.1, 0.15) is 20.3 Å². The maximum absolute atomic E-state index is 10.4. The molecule has 0 atom stereocenters. The zero-order valence-corrected chi connectivity index (χ0v) is 6.05. The quantitative estimate of drug-likeness (QED) is 0.432. The summed E-state index contributed by atoms with van der Waals surface area (Å²) in [6.07, 6.45) is -0.743. The third kappa shape index (κ3) is 3.88. The lowest BCUT2D eigenvalue weighted by molar-refractivity contribution is -0.139. The van der Waals surface area contributed by atoms with Crippen LogP contribution in [0.4, 0.5) is 4.79 Å². The monoisotopic (exact) mass is 146 g/mol. The van der Waals surface area contributed by atoms with Gasteiger partial charge in [0.15, 0.2) is 0 Å². The van der Waals surface area contributed by atoms with Crippen molar-refractivity contribution in [3.63, 3.8) is 0 Å². The van der Waals surface area contributed by atoms with Crippen molar-refractivity contribution in [2.24, 2.45) is 0 Å². The van der Waals surface area contributed by atoms with Crippen molar-refractivity contribution in [1.82, 2.24) is 0 Å². The van der Waals surface area contributed by atoms with Gasteiger partial charge < -0.3 is 9.47 Å². The Morgan fingerprint density at radius 1 is 1.30 bits per heavy atom. The lowest BCUT2D eigenvalue weighted by Crippen LogP contribution is -2.12. The number of hydrogen-bond acceptors (Lipinski definition) is 4. The fourth-order valence-corrected chi connectivity index (χ4v) is 0.312. The van der Waals surface area contributed by atoms with E-state index in [9.17, 15) is 9.59 Å². The summed E-state index contributed by atoms with van der Waals surface area (Å²) in [5.41, 5.74) is 0. The Bertz CT molecular complexity index is 130. The van der Waals surface area contributed by atoms with E-state index in [1.807, 2.05) is 0 Å². The van der Waals surface area contributed by atoms with Crippen molar-refractivity contribution in [1.29, 1.82) is 0 Å². The lowest BCUT2D eigenvalue weighted by Gasteiger charge is -1.99. The third-order valence-electron chi connectivity index (χ3n) is 0.748. The lowest BCUT2D eigenvalue weighted by atomic mass is 10.5. The third-order valence-corrected chi connectivity index (χ3v) is 0.748. The van der Waals surface area contributed by atoms with Crippen molar-refractivity contribution >= 4 is 12.1 Å². The zero-order chi connectivity index (χ0) is 7.98. The summed E-state index contributed by atoms with van der Waals surface area (Å²) in [4.78, 5) is 20.7. The molecule has 0 aliphatic rings. The van der Waals surface area contributed by atoms with Crippen LogP contribution >= 0.6 is 0 Å². The van der Waals surface area contributed by atoms with Crippen LogP contribution in [0.3, 0.4) is 0 Å². The number of carbonyl (C=O) groups is 2. The predicted octanol–water partition coefficient (Wildman–Crippen LogP) is 1.10. The summed E-state index contributed by atoms with van der Waals surface area (Å²) in [5, 5.41) is 0. The Morgan fingerprint density at radius 3 is 2.30 bits per heavy atom. The average Bonchev–Trinajstić information content (AvgIpc) is 1.88. The van der Waals surface area contributed by atoms with Crippen LogP contribution in [0.2, 0.25) is 0 Å². The fourth-order valence-electron chi connectivity index (χ4n) is 0.312. The second-order valence-electron chi connectivity index (χ2n) is 1.51. The first kappa shape index (κ1) is 8.94. The maximum Gasteiger partial charge on any atom is 0.516 e. The highest BCUT2D eigenvalue weighted by atomic mass is 16.7. The molecule has 10 heavy (non-hydrogen) atoms. The standard InChI is InChI=1S/C6H10O4/c1-3-5(7)10-6(8)9-4-2/h3-4H2,1-2H3. The van der Waals surface area contributed by atoms with Crippen LogP contribution in [-0.4, -0.2) is 18.7 Å². The number of ether oxygens (including phenoxy) is 2. The summed E-state index contributed by atoms with van der Waals surface area (Å²) in [7, 11) is 0. The Labute approximate surface area is 59.1 Å². The Hall–Kier alpha value is -1.06. The van der Waals surface area contributed by atoms with E-state index < -0.39 is 12.1 Å². The molecule has 0 saturated heterocycles. The van der Waals surface area contributed by atoms with Crippen molar-refractivity contribution in [3.8, 4) is 0 Å². The first-order chi connectivity index (χ1) is 4.70. The van der Waals surface area contributed by atoms with Gasteiger partial charge in [-0.2, -0.15) is 0 Å². The van der Waals surface area contributed by atoms with Crippen LogP contribution in [-0.2, 0) is 14.3 Å². The topological polar surface area (TPSA) is 52.6 Å². The second kappa shape index (κ2) is 4.78. The molecule has 0 aliphatic heterocycles. The van der Waals surface area contributed by atoms with Gasteiger partial charge in [-0.25, -0.2) is 4.79 Å². The van der Waals surface area contributed by atoms with E-state index in [-0.39, 0.29) is 13.0 Å². The van der Waals surface area contributed by atoms with Gasteiger partial charge in [0.2, 0.25) is 0 Å². The van der Waals surface area contributed by atoms with Crippen molar-refractivity contribution in [2.75, 3.05) is 6.61 Å². The van der Waals surface area contributed by atoms with Crippen LogP contribution in [0, 0.1) is 0 Å². The molecule has 0 saturated carbocycles. The molecule has 0 aromatic rings. The average molecular weight is 146 g/mol. The van der Waals surface area contributed by atoms with E-state index in [4.69, 9.17) is 0 Å². The molecule has 0 radical (unpaired) electrons. The zero-order valence-electron chi connectivity index (χ0n) is 6.05. The summed E-state index contributed by atoms with van der Waals surface area (Å²) in [6, 6.07) is 0. The first-order valence-corrected chi connectivity index (χ1v) is 3.08. The van der Waals surface area contributed by atoms with Gasteiger partial charge in [-0.05, 0) is 6.92 Å². The van der Waals surface area contributed by atoms with Gasteiger partial charge in [-0.15, -0.1) is 0 Å². The molecule has 0 unspecified atom stereocenters. The van der Waals surface area contributed by atoms with Crippen LogP contribution < -0.4 is 0 Å². The highest BCUT2D eigenvalue weighted by molar-refractivity contribution is 5.81. The highest BCUT2D eigenvalue weighted by Gasteiger charge is 2.07. The van der Waals surface area contributed by atoms with E-state index in [2.05, 4.69) is 9.47 Å². The van der Waals surface area contributed by atoms with Gasteiger partial charge in [-0.1, -0.05) is 6.92 Å². The van der Waals surface area contributed by atoms with Gasteiger partial charge in [-0.3, -0.25) is 4.79 Å². The van der Waals surface area contributed by atoms with Gasteiger partial charge in [0.05, 0.1) is 6.61 Å².